The van der Waals surface area contributed by atoms with Crippen molar-refractivity contribution in [3.8, 4) is 17.2 Å². The van der Waals surface area contributed by atoms with Crippen molar-refractivity contribution in [2.45, 2.75) is 32.0 Å². The quantitative estimate of drug-likeness (QED) is 0.534. The van der Waals surface area contributed by atoms with Crippen molar-refractivity contribution in [2.75, 3.05) is 26.6 Å². The Balaban J connectivity index is 1.63. The van der Waals surface area contributed by atoms with E-state index in [-0.39, 0.29) is 6.04 Å². The van der Waals surface area contributed by atoms with Crippen molar-refractivity contribution in [3.05, 3.63) is 54.4 Å². The van der Waals surface area contributed by atoms with E-state index in [1.54, 1.807) is 53.5 Å². The average molecular weight is 439 g/mol. The number of alkyl halides is 1. The average Bonchev–Trinajstić information content (AvgIpc) is 3.21. The lowest BCUT2D eigenvalue weighted by molar-refractivity contribution is 0.272. The Morgan fingerprint density at radius 2 is 1.84 bits per heavy atom. The van der Waals surface area contributed by atoms with Gasteiger partial charge in [-0.15, -0.1) is 0 Å². The fraction of sp³-hybridized carbons (Fsp3) is 0.333. The minimum absolute atomic E-state index is 0.0579. The number of hydrogen-bond acceptors (Lipinski definition) is 6. The highest BCUT2D eigenvalue weighted by molar-refractivity contribution is 5.77. The molecule has 0 fully saturated rings. The number of ether oxygens (including phenoxy) is 3. The molecule has 2 aromatic heterocycles. The van der Waals surface area contributed by atoms with E-state index in [1.807, 2.05) is 30.5 Å². The molecule has 3 aromatic rings. The Morgan fingerprint density at radius 1 is 1.12 bits per heavy atom. The molecule has 0 aliphatic heterocycles. The van der Waals surface area contributed by atoms with Gasteiger partial charge in [0.05, 0.1) is 27.4 Å². The monoisotopic (exact) mass is 438 g/mol. The van der Waals surface area contributed by atoms with E-state index in [4.69, 9.17) is 19.2 Å². The molecule has 0 spiro atoms. The summed E-state index contributed by atoms with van der Waals surface area (Å²) in [6.07, 6.45) is 10.3. The van der Waals surface area contributed by atoms with Gasteiger partial charge in [-0.25, -0.2) is 9.37 Å². The van der Waals surface area contributed by atoms with E-state index in [2.05, 4.69) is 14.9 Å². The van der Waals surface area contributed by atoms with E-state index in [0.29, 0.717) is 40.9 Å². The molecule has 1 atom stereocenters. The lowest BCUT2D eigenvalue weighted by atomic mass is 9.93. The predicted molar refractivity (Wildman–Crippen MR) is 123 cm³/mol. The molecule has 8 heteroatoms. The van der Waals surface area contributed by atoms with E-state index in [1.165, 1.54) is 0 Å². The van der Waals surface area contributed by atoms with E-state index < -0.39 is 5.67 Å². The number of aromatic nitrogens is 3. The SMILES string of the molecule is COc1cc(Nc2ncc3ccn(C4C=CC(C(C)(C)F)=CC4)c3n2)cc(OC)c1OC. The van der Waals surface area contributed by atoms with Gasteiger partial charge in [0.25, 0.3) is 0 Å². The number of fused-ring (bicyclic) bond motifs is 1. The lowest BCUT2D eigenvalue weighted by Crippen LogP contribution is -2.18. The summed E-state index contributed by atoms with van der Waals surface area (Å²) in [6.45, 7) is 3.14. The molecule has 7 nitrogen and oxygen atoms in total. The Morgan fingerprint density at radius 3 is 2.41 bits per heavy atom. The van der Waals surface area contributed by atoms with Crippen LogP contribution in [0.2, 0.25) is 0 Å². The highest BCUT2D eigenvalue weighted by atomic mass is 19.1. The molecule has 2 heterocycles. The zero-order chi connectivity index (χ0) is 22.9. The third-order valence-corrected chi connectivity index (χ3v) is 5.50. The Labute approximate surface area is 186 Å². The van der Waals surface area contributed by atoms with Gasteiger partial charge in [0.2, 0.25) is 11.7 Å². The number of methoxy groups -OCH3 is 3. The largest absolute Gasteiger partial charge is 0.493 e. The number of rotatable bonds is 7. The lowest BCUT2D eigenvalue weighted by Gasteiger charge is -2.23. The smallest absolute Gasteiger partial charge is 0.229 e. The van der Waals surface area contributed by atoms with Crippen LogP contribution < -0.4 is 19.5 Å². The summed E-state index contributed by atoms with van der Waals surface area (Å²) < 4.78 is 32.5. The van der Waals surface area contributed by atoms with Crippen LogP contribution in [0, 0.1) is 0 Å². The van der Waals surface area contributed by atoms with Crippen LogP contribution in [0.3, 0.4) is 0 Å². The van der Waals surface area contributed by atoms with Crippen LogP contribution in [0.5, 0.6) is 17.2 Å². The minimum Gasteiger partial charge on any atom is -0.493 e. The Bertz CT molecular complexity index is 1170. The van der Waals surface area contributed by atoms with Crippen molar-refractivity contribution in [3.63, 3.8) is 0 Å². The van der Waals surface area contributed by atoms with Gasteiger partial charge in [0.1, 0.15) is 11.3 Å². The van der Waals surface area contributed by atoms with Crippen LogP contribution in [0.15, 0.2) is 54.4 Å². The highest BCUT2D eigenvalue weighted by Gasteiger charge is 2.23. The minimum atomic E-state index is -1.35. The molecule has 168 valence electrons. The molecule has 0 saturated carbocycles. The van der Waals surface area contributed by atoms with Gasteiger partial charge in [0, 0.05) is 35.6 Å². The zero-order valence-corrected chi connectivity index (χ0v) is 18.8. The van der Waals surface area contributed by atoms with Gasteiger partial charge in [0.15, 0.2) is 11.5 Å². The first kappa shape index (κ1) is 21.7. The molecule has 1 aliphatic carbocycles. The summed E-state index contributed by atoms with van der Waals surface area (Å²) >= 11 is 0. The first-order valence-corrected chi connectivity index (χ1v) is 10.3. The number of allylic oxidation sites excluding steroid dienone is 4. The molecule has 1 unspecified atom stereocenters. The molecule has 1 aliphatic rings. The highest BCUT2D eigenvalue weighted by Crippen LogP contribution is 2.40. The van der Waals surface area contributed by atoms with Crippen molar-refractivity contribution in [1.82, 2.24) is 14.5 Å². The van der Waals surface area contributed by atoms with Crippen LogP contribution in [0.1, 0.15) is 26.3 Å². The first-order chi connectivity index (χ1) is 15.3. The molecule has 1 N–H and O–H groups in total. The summed E-state index contributed by atoms with van der Waals surface area (Å²) in [6, 6.07) is 5.62. The van der Waals surface area contributed by atoms with Crippen LogP contribution >= 0.6 is 0 Å². The van der Waals surface area contributed by atoms with Crippen LogP contribution in [-0.2, 0) is 0 Å². The molecule has 32 heavy (non-hydrogen) atoms. The van der Waals surface area contributed by atoms with Gasteiger partial charge in [-0.1, -0.05) is 18.2 Å². The van der Waals surface area contributed by atoms with Gasteiger partial charge < -0.3 is 24.1 Å². The second-order valence-corrected chi connectivity index (χ2v) is 8.03. The van der Waals surface area contributed by atoms with Crippen molar-refractivity contribution >= 4 is 22.7 Å². The molecular formula is C24H27FN4O3. The third-order valence-electron chi connectivity index (χ3n) is 5.50. The Hall–Kier alpha value is -3.55. The number of anilines is 2. The molecule has 4 rings (SSSR count). The maximum Gasteiger partial charge on any atom is 0.229 e. The molecule has 0 radical (unpaired) electrons. The van der Waals surface area contributed by atoms with Crippen molar-refractivity contribution in [1.29, 1.82) is 0 Å². The maximum absolute atomic E-state index is 14.2. The standard InChI is InChI=1S/C24H27FN4O3/c1-24(2,25)16-6-8-18(9-7-16)29-11-10-15-14-26-23(28-22(15)29)27-17-12-19(30-3)21(32-5)20(13-17)31-4/h6-8,10-14,18H,9H2,1-5H3,(H,26,27,28). The predicted octanol–water partition coefficient (Wildman–Crippen LogP) is 5.38. The van der Waals surface area contributed by atoms with Gasteiger partial charge in [-0.3, -0.25) is 0 Å². The summed E-state index contributed by atoms with van der Waals surface area (Å²) in [5.74, 6) is 2.01. The normalized spacial score (nSPS) is 16.1. The fourth-order valence-electron chi connectivity index (χ4n) is 3.80. The second-order valence-electron chi connectivity index (χ2n) is 8.03. The summed E-state index contributed by atoms with van der Waals surface area (Å²) in [5, 5.41) is 4.14. The Kier molecular flexibility index (Phi) is 5.78. The van der Waals surface area contributed by atoms with Crippen molar-refractivity contribution in [2.24, 2.45) is 0 Å². The summed E-state index contributed by atoms with van der Waals surface area (Å²) in [7, 11) is 4.70. The number of hydrogen-bond donors (Lipinski definition) is 1. The number of nitrogens with zero attached hydrogens (tertiary/aromatic N) is 3. The van der Waals surface area contributed by atoms with Gasteiger partial charge >= 0.3 is 0 Å². The molecule has 1 aromatic carbocycles. The fourth-order valence-corrected chi connectivity index (χ4v) is 3.80. The van der Waals surface area contributed by atoms with Gasteiger partial charge in [-0.05, 0) is 31.9 Å². The third kappa shape index (κ3) is 4.12. The zero-order valence-electron chi connectivity index (χ0n) is 18.8. The van der Waals surface area contributed by atoms with E-state index in [0.717, 1.165) is 11.0 Å². The van der Waals surface area contributed by atoms with Crippen LogP contribution in [-0.4, -0.2) is 41.5 Å². The maximum atomic E-state index is 14.2. The summed E-state index contributed by atoms with van der Waals surface area (Å²) in [5.41, 5.74) is 0.845. The topological polar surface area (TPSA) is 70.4 Å². The van der Waals surface area contributed by atoms with Crippen LogP contribution in [0.25, 0.3) is 11.0 Å². The number of benzene rings is 1. The molecular weight excluding hydrogens is 411 g/mol. The molecule has 0 saturated heterocycles. The summed E-state index contributed by atoms with van der Waals surface area (Å²) in [4.78, 5) is 9.16. The molecule has 0 amide bonds. The van der Waals surface area contributed by atoms with Gasteiger partial charge in [-0.2, -0.15) is 4.98 Å². The number of nitrogens with one attached hydrogen (secondary N) is 1. The van der Waals surface area contributed by atoms with Crippen molar-refractivity contribution < 1.29 is 18.6 Å². The van der Waals surface area contributed by atoms with E-state index in [9.17, 15) is 4.39 Å². The molecule has 0 bridgehead atoms. The first-order valence-electron chi connectivity index (χ1n) is 10.3. The van der Waals surface area contributed by atoms with E-state index >= 15 is 0 Å². The second kappa shape index (κ2) is 8.53. The number of halogens is 1. The van der Waals surface area contributed by atoms with Crippen LogP contribution in [0.4, 0.5) is 16.0 Å².